The molecule has 1 N–H and O–H groups in total. The minimum absolute atomic E-state index is 0.00897. The van der Waals surface area contributed by atoms with Crippen molar-refractivity contribution in [1.29, 1.82) is 0 Å². The molecule has 1 saturated heterocycles. The van der Waals surface area contributed by atoms with Gasteiger partial charge in [0.25, 0.3) is 0 Å². The Kier molecular flexibility index (Phi) is 5.15. The fraction of sp³-hybridized carbons (Fsp3) is 0.667. The zero-order valence-electron chi connectivity index (χ0n) is 18.0. The highest BCUT2D eigenvalue weighted by molar-refractivity contribution is 6.64. The first-order chi connectivity index (χ1) is 11.5. The summed E-state index contributed by atoms with van der Waals surface area (Å²) in [7, 11) is -0.516. The summed E-state index contributed by atoms with van der Waals surface area (Å²) in [5.74, 6) is -0.0289. The maximum Gasteiger partial charge on any atom is 0.496 e. The molecule has 1 aromatic rings. The molecule has 4 nitrogen and oxygen atoms in total. The SMILES string of the molecule is CC(C)(C)C(=O)Nc1ccc(C(C)(C)C)cc1B1OC(C)(C)C(C)(C)O1. The van der Waals surface area contributed by atoms with Crippen molar-refractivity contribution < 1.29 is 14.1 Å². The van der Waals surface area contributed by atoms with Gasteiger partial charge >= 0.3 is 7.12 Å². The minimum Gasteiger partial charge on any atom is -0.399 e. The largest absolute Gasteiger partial charge is 0.496 e. The fourth-order valence-electron chi connectivity index (χ4n) is 2.62. The summed E-state index contributed by atoms with van der Waals surface area (Å²) in [6, 6.07) is 6.12. The number of anilines is 1. The van der Waals surface area contributed by atoms with Gasteiger partial charge in [-0.1, -0.05) is 53.7 Å². The molecule has 0 spiro atoms. The average Bonchev–Trinajstić information content (AvgIpc) is 2.65. The topological polar surface area (TPSA) is 47.6 Å². The molecule has 5 heteroatoms. The lowest BCUT2D eigenvalue weighted by Gasteiger charge is -2.32. The van der Waals surface area contributed by atoms with Crippen molar-refractivity contribution in [1.82, 2.24) is 0 Å². The van der Waals surface area contributed by atoms with Crippen LogP contribution in [0.1, 0.15) is 74.8 Å². The molecule has 0 bridgehead atoms. The molecule has 0 saturated carbocycles. The van der Waals surface area contributed by atoms with Crippen molar-refractivity contribution in [2.45, 2.75) is 85.9 Å². The van der Waals surface area contributed by atoms with E-state index in [2.05, 4.69) is 38.2 Å². The minimum atomic E-state index is -0.516. The van der Waals surface area contributed by atoms with Crippen LogP contribution in [0.3, 0.4) is 0 Å². The van der Waals surface area contributed by atoms with E-state index >= 15 is 0 Å². The summed E-state index contributed by atoms with van der Waals surface area (Å²) in [5, 5.41) is 3.06. The Balaban J connectivity index is 2.49. The van der Waals surface area contributed by atoms with Crippen LogP contribution in [-0.4, -0.2) is 24.2 Å². The van der Waals surface area contributed by atoms with Gasteiger partial charge < -0.3 is 14.6 Å². The third-order valence-electron chi connectivity index (χ3n) is 5.35. The Morgan fingerprint density at radius 2 is 1.46 bits per heavy atom. The highest BCUT2D eigenvalue weighted by Gasteiger charge is 2.52. The van der Waals surface area contributed by atoms with E-state index < -0.39 is 23.7 Å². The van der Waals surface area contributed by atoms with Crippen molar-refractivity contribution in [2.75, 3.05) is 5.32 Å². The highest BCUT2D eigenvalue weighted by Crippen LogP contribution is 2.37. The number of carbonyl (C=O) groups is 1. The smallest absolute Gasteiger partial charge is 0.399 e. The molecule has 0 aromatic heterocycles. The molecule has 1 aliphatic rings. The molecule has 0 unspecified atom stereocenters. The average molecular weight is 359 g/mol. The first-order valence-corrected chi connectivity index (χ1v) is 9.36. The van der Waals surface area contributed by atoms with Gasteiger partial charge in [0, 0.05) is 16.6 Å². The van der Waals surface area contributed by atoms with Crippen molar-refractivity contribution in [2.24, 2.45) is 5.41 Å². The van der Waals surface area contributed by atoms with Gasteiger partial charge in [-0.3, -0.25) is 4.79 Å². The number of benzene rings is 1. The lowest BCUT2D eigenvalue weighted by atomic mass is 9.74. The van der Waals surface area contributed by atoms with E-state index in [1.165, 1.54) is 5.56 Å². The van der Waals surface area contributed by atoms with Crippen molar-refractivity contribution in [3.8, 4) is 0 Å². The first kappa shape index (κ1) is 21.0. The molecule has 26 heavy (non-hydrogen) atoms. The normalized spacial score (nSPS) is 19.5. The molecular formula is C21H34BNO3. The molecule has 0 aliphatic carbocycles. The van der Waals surface area contributed by atoms with Gasteiger partial charge in [-0.05, 0) is 44.7 Å². The molecule has 1 fully saturated rings. The van der Waals surface area contributed by atoms with Crippen LogP contribution in [0.4, 0.5) is 5.69 Å². The predicted molar refractivity (Wildman–Crippen MR) is 109 cm³/mol. The number of carbonyl (C=O) groups excluding carboxylic acids is 1. The van der Waals surface area contributed by atoms with Crippen LogP contribution < -0.4 is 10.8 Å². The molecule has 1 aromatic carbocycles. The van der Waals surface area contributed by atoms with Gasteiger partial charge in [-0.2, -0.15) is 0 Å². The van der Waals surface area contributed by atoms with E-state index in [1.54, 1.807) is 0 Å². The van der Waals surface area contributed by atoms with Gasteiger partial charge in [0.15, 0.2) is 0 Å². The molecular weight excluding hydrogens is 325 g/mol. The monoisotopic (exact) mass is 359 g/mol. The van der Waals surface area contributed by atoms with Gasteiger partial charge in [-0.25, -0.2) is 0 Å². The molecule has 144 valence electrons. The molecule has 1 aliphatic heterocycles. The number of nitrogens with one attached hydrogen (secondary N) is 1. The van der Waals surface area contributed by atoms with Gasteiger partial charge in [0.1, 0.15) is 0 Å². The first-order valence-electron chi connectivity index (χ1n) is 9.36. The number of amides is 1. The van der Waals surface area contributed by atoms with Gasteiger partial charge in [0.2, 0.25) is 5.91 Å². The van der Waals surface area contributed by atoms with Crippen LogP contribution in [0, 0.1) is 5.41 Å². The maximum absolute atomic E-state index is 12.5. The Morgan fingerprint density at radius 1 is 0.962 bits per heavy atom. The Labute approximate surface area is 159 Å². The van der Waals surface area contributed by atoms with Crippen LogP contribution in [0.5, 0.6) is 0 Å². The van der Waals surface area contributed by atoms with E-state index in [9.17, 15) is 4.79 Å². The third-order valence-corrected chi connectivity index (χ3v) is 5.35. The lowest BCUT2D eigenvalue weighted by Crippen LogP contribution is -2.41. The van der Waals surface area contributed by atoms with E-state index in [4.69, 9.17) is 9.31 Å². The zero-order chi connectivity index (χ0) is 20.1. The molecule has 0 radical (unpaired) electrons. The summed E-state index contributed by atoms with van der Waals surface area (Å²) >= 11 is 0. The van der Waals surface area contributed by atoms with Crippen LogP contribution >= 0.6 is 0 Å². The molecule has 0 atom stereocenters. The quantitative estimate of drug-likeness (QED) is 0.803. The van der Waals surface area contributed by atoms with Crippen molar-refractivity contribution >= 4 is 24.2 Å². The zero-order valence-corrected chi connectivity index (χ0v) is 18.0. The second kappa shape index (κ2) is 6.38. The van der Waals surface area contributed by atoms with Gasteiger partial charge in [-0.15, -0.1) is 0 Å². The second-order valence-electron chi connectivity index (χ2n) is 10.3. The van der Waals surface area contributed by atoms with Crippen molar-refractivity contribution in [3.63, 3.8) is 0 Å². The summed E-state index contributed by atoms with van der Waals surface area (Å²) in [6.07, 6.45) is 0. The third kappa shape index (κ3) is 4.15. The van der Waals surface area contributed by atoms with E-state index in [1.807, 2.05) is 54.5 Å². The number of rotatable bonds is 2. The molecule has 1 amide bonds. The lowest BCUT2D eigenvalue weighted by molar-refractivity contribution is -0.123. The second-order valence-corrected chi connectivity index (χ2v) is 10.3. The number of hydrogen-bond acceptors (Lipinski definition) is 3. The summed E-state index contributed by atoms with van der Waals surface area (Å²) in [5.41, 5.74) is 1.45. The highest BCUT2D eigenvalue weighted by atomic mass is 16.7. The molecule has 2 rings (SSSR count). The fourth-order valence-corrected chi connectivity index (χ4v) is 2.62. The summed E-state index contributed by atoms with van der Waals surface area (Å²) in [6.45, 7) is 20.4. The van der Waals surface area contributed by atoms with Crippen molar-refractivity contribution in [3.05, 3.63) is 23.8 Å². The Bertz CT molecular complexity index is 680. The van der Waals surface area contributed by atoms with Gasteiger partial charge in [0.05, 0.1) is 11.2 Å². The van der Waals surface area contributed by atoms with Crippen LogP contribution in [0.15, 0.2) is 18.2 Å². The standard InChI is InChI=1S/C21H34BNO3/c1-18(2,3)14-11-12-16(23-17(24)19(4,5)6)15(13-14)22-25-20(7,8)21(9,10)26-22/h11-13H,1-10H3,(H,23,24). The van der Waals surface area contributed by atoms with E-state index in [0.717, 1.165) is 11.2 Å². The summed E-state index contributed by atoms with van der Waals surface area (Å²) < 4.78 is 12.5. The summed E-state index contributed by atoms with van der Waals surface area (Å²) in [4.78, 5) is 12.5. The molecule has 1 heterocycles. The predicted octanol–water partition coefficient (Wildman–Crippen LogP) is 4.27. The Morgan fingerprint density at radius 3 is 1.88 bits per heavy atom. The maximum atomic E-state index is 12.5. The van der Waals surface area contributed by atoms with Crippen LogP contribution in [0.25, 0.3) is 0 Å². The van der Waals surface area contributed by atoms with Crippen LogP contribution in [-0.2, 0) is 19.5 Å². The van der Waals surface area contributed by atoms with Crippen LogP contribution in [0.2, 0.25) is 0 Å². The van der Waals surface area contributed by atoms with E-state index in [0.29, 0.717) is 0 Å². The Hall–Kier alpha value is -1.33. The number of hydrogen-bond donors (Lipinski definition) is 1. The van der Waals surface area contributed by atoms with E-state index in [-0.39, 0.29) is 11.3 Å².